The van der Waals surface area contributed by atoms with Gasteiger partial charge in [0.05, 0.1) is 5.69 Å². The molecule has 0 unspecified atom stereocenters. The van der Waals surface area contributed by atoms with Crippen LogP contribution in [0, 0.1) is 13.8 Å². The molecule has 0 aliphatic rings. The van der Waals surface area contributed by atoms with Gasteiger partial charge in [-0.1, -0.05) is 11.8 Å². The van der Waals surface area contributed by atoms with Crippen LogP contribution in [0.3, 0.4) is 0 Å². The summed E-state index contributed by atoms with van der Waals surface area (Å²) < 4.78 is 0. The number of anilines is 1. The lowest BCUT2D eigenvalue weighted by atomic mass is 10.1. The van der Waals surface area contributed by atoms with Crippen molar-refractivity contribution >= 4 is 17.4 Å². The third-order valence-corrected chi connectivity index (χ3v) is 3.41. The van der Waals surface area contributed by atoms with E-state index in [-0.39, 0.29) is 0 Å². The molecule has 2 aromatic heterocycles. The lowest BCUT2D eigenvalue weighted by Crippen LogP contribution is -2.00. The first-order valence-corrected chi connectivity index (χ1v) is 5.99. The molecule has 0 fully saturated rings. The summed E-state index contributed by atoms with van der Waals surface area (Å²) in [7, 11) is 0. The minimum Gasteiger partial charge on any atom is -0.398 e. The van der Waals surface area contributed by atoms with Gasteiger partial charge in [-0.15, -0.1) is 0 Å². The molecule has 4 nitrogen and oxygen atoms in total. The average molecular weight is 234 g/mol. The van der Waals surface area contributed by atoms with E-state index in [0.717, 1.165) is 33.4 Å². The molecule has 3 N–H and O–H groups in total. The summed E-state index contributed by atoms with van der Waals surface area (Å²) in [6.07, 6.45) is 5.37. The summed E-state index contributed by atoms with van der Waals surface area (Å²) in [5, 5.41) is 0.903. The number of nitrogens with one attached hydrogen (secondary N) is 1. The number of aromatic nitrogens is 3. The van der Waals surface area contributed by atoms with Crippen molar-refractivity contribution in [1.82, 2.24) is 15.0 Å². The standard InChI is InChI=1S/C11H14N4S/c1-7-5-15-9(8(2)10(7)12)6-16-11-13-3-4-14-11/h3-5H,6H2,1-2H3,(H2,12,15)(H,13,14). The van der Waals surface area contributed by atoms with Gasteiger partial charge in [-0.25, -0.2) is 4.98 Å². The van der Waals surface area contributed by atoms with Gasteiger partial charge in [-0.05, 0) is 25.0 Å². The van der Waals surface area contributed by atoms with Gasteiger partial charge in [0.15, 0.2) is 5.16 Å². The van der Waals surface area contributed by atoms with Crippen LogP contribution in [0.4, 0.5) is 5.69 Å². The molecule has 0 radical (unpaired) electrons. The number of aromatic amines is 1. The molecule has 0 amide bonds. The molecule has 2 rings (SSSR count). The van der Waals surface area contributed by atoms with Crippen molar-refractivity contribution < 1.29 is 0 Å². The van der Waals surface area contributed by atoms with Gasteiger partial charge >= 0.3 is 0 Å². The van der Waals surface area contributed by atoms with E-state index < -0.39 is 0 Å². The second-order valence-electron chi connectivity index (χ2n) is 3.61. The summed E-state index contributed by atoms with van der Waals surface area (Å²) >= 11 is 1.62. The van der Waals surface area contributed by atoms with Crippen LogP contribution in [0.5, 0.6) is 0 Å². The molecule has 0 saturated carbocycles. The Kier molecular flexibility index (Phi) is 3.14. The van der Waals surface area contributed by atoms with E-state index in [1.54, 1.807) is 18.0 Å². The maximum Gasteiger partial charge on any atom is 0.165 e. The fraction of sp³-hybridized carbons (Fsp3) is 0.273. The first kappa shape index (κ1) is 11.0. The normalized spacial score (nSPS) is 10.6. The summed E-state index contributed by atoms with van der Waals surface area (Å²) in [4.78, 5) is 11.6. The zero-order valence-electron chi connectivity index (χ0n) is 9.32. The van der Waals surface area contributed by atoms with Gasteiger partial charge < -0.3 is 10.7 Å². The van der Waals surface area contributed by atoms with Crippen LogP contribution in [0.1, 0.15) is 16.8 Å². The van der Waals surface area contributed by atoms with Crippen LogP contribution < -0.4 is 5.73 Å². The number of pyridine rings is 1. The second kappa shape index (κ2) is 4.57. The van der Waals surface area contributed by atoms with Gasteiger partial charge in [-0.2, -0.15) is 0 Å². The highest BCUT2D eigenvalue weighted by Gasteiger charge is 2.07. The average Bonchev–Trinajstić information content (AvgIpc) is 2.78. The molecule has 0 bridgehead atoms. The number of rotatable bonds is 3. The first-order chi connectivity index (χ1) is 7.68. The predicted octanol–water partition coefficient (Wildman–Crippen LogP) is 2.30. The largest absolute Gasteiger partial charge is 0.398 e. The zero-order chi connectivity index (χ0) is 11.5. The monoisotopic (exact) mass is 234 g/mol. The van der Waals surface area contributed by atoms with E-state index in [9.17, 15) is 0 Å². The number of imidazole rings is 1. The Balaban J connectivity index is 2.13. The molecule has 0 aliphatic heterocycles. The van der Waals surface area contributed by atoms with Crippen molar-refractivity contribution in [2.75, 3.05) is 5.73 Å². The van der Waals surface area contributed by atoms with Crippen LogP contribution in [0.25, 0.3) is 0 Å². The Morgan fingerprint density at radius 3 is 2.88 bits per heavy atom. The number of hydrogen-bond donors (Lipinski definition) is 2. The number of thioether (sulfide) groups is 1. The number of H-pyrrole nitrogens is 1. The van der Waals surface area contributed by atoms with Gasteiger partial charge in [-0.3, -0.25) is 4.98 Å². The molecule has 5 heteroatoms. The van der Waals surface area contributed by atoms with E-state index in [1.165, 1.54) is 0 Å². The molecule has 0 aromatic carbocycles. The molecule has 16 heavy (non-hydrogen) atoms. The maximum absolute atomic E-state index is 5.96. The van der Waals surface area contributed by atoms with Crippen molar-refractivity contribution in [1.29, 1.82) is 0 Å². The molecule has 0 saturated heterocycles. The highest BCUT2D eigenvalue weighted by molar-refractivity contribution is 7.98. The molecule has 0 aliphatic carbocycles. The van der Waals surface area contributed by atoms with E-state index in [1.807, 2.05) is 26.2 Å². The number of nitrogens with two attached hydrogens (primary N) is 1. The minimum absolute atomic E-state index is 0.782. The maximum atomic E-state index is 5.96. The fourth-order valence-corrected chi connectivity index (χ4v) is 2.26. The SMILES string of the molecule is Cc1cnc(CSc2ncc[nH]2)c(C)c1N. The van der Waals surface area contributed by atoms with Crippen molar-refractivity contribution in [2.24, 2.45) is 0 Å². The summed E-state index contributed by atoms with van der Waals surface area (Å²) in [6, 6.07) is 0. The smallest absolute Gasteiger partial charge is 0.165 e. The van der Waals surface area contributed by atoms with Crippen LogP contribution >= 0.6 is 11.8 Å². The fourth-order valence-electron chi connectivity index (χ4n) is 1.40. The second-order valence-corrected chi connectivity index (χ2v) is 4.57. The number of hydrogen-bond acceptors (Lipinski definition) is 4. The van der Waals surface area contributed by atoms with Crippen LogP contribution in [-0.2, 0) is 5.75 Å². The van der Waals surface area contributed by atoms with Gasteiger partial charge in [0.25, 0.3) is 0 Å². The molecule has 2 aromatic rings. The Hall–Kier alpha value is -1.49. The van der Waals surface area contributed by atoms with Gasteiger partial charge in [0.1, 0.15) is 0 Å². The van der Waals surface area contributed by atoms with Gasteiger partial charge in [0.2, 0.25) is 0 Å². The zero-order valence-corrected chi connectivity index (χ0v) is 10.1. The number of nitrogens with zero attached hydrogens (tertiary/aromatic N) is 2. The third-order valence-electron chi connectivity index (χ3n) is 2.49. The topological polar surface area (TPSA) is 67.6 Å². The van der Waals surface area contributed by atoms with Gasteiger partial charge in [0, 0.05) is 30.0 Å². The van der Waals surface area contributed by atoms with Crippen molar-refractivity contribution in [3.63, 3.8) is 0 Å². The lowest BCUT2D eigenvalue weighted by Gasteiger charge is -2.08. The Bertz CT molecular complexity index is 479. The lowest BCUT2D eigenvalue weighted by molar-refractivity contribution is 1.05. The number of aryl methyl sites for hydroxylation is 1. The summed E-state index contributed by atoms with van der Waals surface area (Å²) in [5.74, 6) is 0.782. The van der Waals surface area contributed by atoms with E-state index in [2.05, 4.69) is 15.0 Å². The van der Waals surface area contributed by atoms with Crippen molar-refractivity contribution in [3.05, 3.63) is 35.4 Å². The highest BCUT2D eigenvalue weighted by Crippen LogP contribution is 2.24. The van der Waals surface area contributed by atoms with E-state index in [0.29, 0.717) is 0 Å². The molecule has 0 atom stereocenters. The molecule has 84 valence electrons. The summed E-state index contributed by atoms with van der Waals surface area (Å²) in [6.45, 7) is 3.98. The molecule has 2 heterocycles. The third kappa shape index (κ3) is 2.19. The Labute approximate surface area is 98.7 Å². The van der Waals surface area contributed by atoms with Crippen LogP contribution in [0.15, 0.2) is 23.7 Å². The van der Waals surface area contributed by atoms with E-state index in [4.69, 9.17) is 5.73 Å². The minimum atomic E-state index is 0.782. The Morgan fingerprint density at radius 2 is 2.19 bits per heavy atom. The molecular weight excluding hydrogens is 220 g/mol. The predicted molar refractivity (Wildman–Crippen MR) is 66.3 cm³/mol. The van der Waals surface area contributed by atoms with E-state index >= 15 is 0 Å². The van der Waals surface area contributed by atoms with Crippen LogP contribution in [-0.4, -0.2) is 15.0 Å². The molecule has 0 spiro atoms. The van der Waals surface area contributed by atoms with Crippen LogP contribution in [0.2, 0.25) is 0 Å². The van der Waals surface area contributed by atoms with Crippen molar-refractivity contribution in [2.45, 2.75) is 24.8 Å². The Morgan fingerprint density at radius 1 is 1.38 bits per heavy atom. The first-order valence-electron chi connectivity index (χ1n) is 5.01. The number of nitrogen functional groups attached to an aromatic ring is 1. The van der Waals surface area contributed by atoms with Crippen molar-refractivity contribution in [3.8, 4) is 0 Å². The highest BCUT2D eigenvalue weighted by atomic mass is 32.2. The summed E-state index contributed by atoms with van der Waals surface area (Å²) in [5.41, 5.74) is 9.92. The quantitative estimate of drug-likeness (QED) is 0.800. The molecular formula is C11H14N4S.